The predicted octanol–water partition coefficient (Wildman–Crippen LogP) is 4.29. The Bertz CT molecular complexity index is 528. The van der Waals surface area contributed by atoms with Gasteiger partial charge in [0.15, 0.2) is 0 Å². The molecule has 0 radical (unpaired) electrons. The van der Waals surface area contributed by atoms with E-state index in [1.165, 1.54) is 27.8 Å². The van der Waals surface area contributed by atoms with Gasteiger partial charge in [0, 0.05) is 5.56 Å². The molecule has 2 heteroatoms. The predicted molar refractivity (Wildman–Crippen MR) is 79.5 cm³/mol. The van der Waals surface area contributed by atoms with Crippen molar-refractivity contribution in [2.75, 3.05) is 6.54 Å². The molecule has 1 heterocycles. The molecule has 1 aromatic carbocycles. The quantitative estimate of drug-likeness (QED) is 0.864. The zero-order valence-corrected chi connectivity index (χ0v) is 12.3. The molecule has 0 amide bonds. The molecule has 0 spiro atoms. The molecule has 0 saturated carbocycles. The highest BCUT2D eigenvalue weighted by molar-refractivity contribution is 5.41. The molecule has 1 aromatic heterocycles. The summed E-state index contributed by atoms with van der Waals surface area (Å²) in [6, 6.07) is 6.83. The topological polar surface area (TPSA) is 25.2 Å². The molecule has 2 rings (SSSR count). The second kappa shape index (κ2) is 6.07. The lowest BCUT2D eigenvalue weighted by Gasteiger charge is -2.21. The van der Waals surface area contributed by atoms with E-state index >= 15 is 0 Å². The van der Waals surface area contributed by atoms with Gasteiger partial charge in [-0.1, -0.05) is 19.1 Å². The van der Waals surface area contributed by atoms with Crippen molar-refractivity contribution in [3.05, 3.63) is 58.5 Å². The molecule has 102 valence electrons. The van der Waals surface area contributed by atoms with Crippen LogP contribution in [-0.4, -0.2) is 6.54 Å². The van der Waals surface area contributed by atoms with Gasteiger partial charge < -0.3 is 9.73 Å². The van der Waals surface area contributed by atoms with Crippen molar-refractivity contribution >= 4 is 0 Å². The summed E-state index contributed by atoms with van der Waals surface area (Å²) in [5.74, 6) is 0. The maximum absolute atomic E-state index is 5.25. The molecular weight excluding hydrogens is 234 g/mol. The van der Waals surface area contributed by atoms with Gasteiger partial charge in [0.05, 0.1) is 18.6 Å². The molecule has 0 bridgehead atoms. The minimum absolute atomic E-state index is 0.220. The van der Waals surface area contributed by atoms with Crippen LogP contribution in [0.25, 0.3) is 0 Å². The lowest BCUT2D eigenvalue weighted by atomic mass is 9.93. The molecule has 0 fully saturated rings. The minimum Gasteiger partial charge on any atom is -0.472 e. The summed E-state index contributed by atoms with van der Waals surface area (Å²) < 4.78 is 5.25. The van der Waals surface area contributed by atoms with Gasteiger partial charge in [0.25, 0.3) is 0 Å². The SMILES string of the molecule is CCCNC(c1ccoc1)c1cc(C)c(C)cc1C. The van der Waals surface area contributed by atoms with Gasteiger partial charge in [-0.2, -0.15) is 0 Å². The molecular formula is C17H23NO. The zero-order chi connectivity index (χ0) is 13.8. The fourth-order valence-corrected chi connectivity index (χ4v) is 2.43. The van der Waals surface area contributed by atoms with E-state index in [-0.39, 0.29) is 6.04 Å². The Hall–Kier alpha value is -1.54. The maximum atomic E-state index is 5.25. The van der Waals surface area contributed by atoms with Crippen molar-refractivity contribution in [3.63, 3.8) is 0 Å². The van der Waals surface area contributed by atoms with Gasteiger partial charge in [0.1, 0.15) is 0 Å². The highest BCUT2D eigenvalue weighted by atomic mass is 16.3. The number of aryl methyl sites for hydroxylation is 3. The van der Waals surface area contributed by atoms with Crippen LogP contribution >= 0.6 is 0 Å². The van der Waals surface area contributed by atoms with Crippen molar-refractivity contribution < 1.29 is 4.42 Å². The molecule has 19 heavy (non-hydrogen) atoms. The van der Waals surface area contributed by atoms with Gasteiger partial charge in [-0.25, -0.2) is 0 Å². The molecule has 1 N–H and O–H groups in total. The van der Waals surface area contributed by atoms with Gasteiger partial charge >= 0.3 is 0 Å². The monoisotopic (exact) mass is 257 g/mol. The van der Waals surface area contributed by atoms with E-state index in [0.717, 1.165) is 13.0 Å². The van der Waals surface area contributed by atoms with Gasteiger partial charge in [-0.3, -0.25) is 0 Å². The summed E-state index contributed by atoms with van der Waals surface area (Å²) in [6.45, 7) is 9.71. The minimum atomic E-state index is 0.220. The van der Waals surface area contributed by atoms with Crippen molar-refractivity contribution in [3.8, 4) is 0 Å². The highest BCUT2D eigenvalue weighted by Crippen LogP contribution is 2.27. The number of benzene rings is 1. The average Bonchev–Trinajstić information content (AvgIpc) is 2.89. The Morgan fingerprint density at radius 1 is 1.11 bits per heavy atom. The third kappa shape index (κ3) is 3.07. The molecule has 1 atom stereocenters. The first-order valence-corrected chi connectivity index (χ1v) is 6.96. The molecule has 0 aliphatic heterocycles. The summed E-state index contributed by atoms with van der Waals surface area (Å²) >= 11 is 0. The van der Waals surface area contributed by atoms with E-state index in [9.17, 15) is 0 Å². The Labute approximate surface area is 115 Å². The van der Waals surface area contributed by atoms with Crippen LogP contribution in [0.4, 0.5) is 0 Å². The Morgan fingerprint density at radius 3 is 2.47 bits per heavy atom. The lowest BCUT2D eigenvalue weighted by Crippen LogP contribution is -2.23. The first-order valence-electron chi connectivity index (χ1n) is 6.96. The molecule has 2 nitrogen and oxygen atoms in total. The summed E-state index contributed by atoms with van der Waals surface area (Å²) in [7, 11) is 0. The summed E-state index contributed by atoms with van der Waals surface area (Å²) in [5, 5.41) is 3.62. The second-order valence-electron chi connectivity index (χ2n) is 5.24. The number of hydrogen-bond acceptors (Lipinski definition) is 2. The van der Waals surface area contributed by atoms with Gasteiger partial charge in [-0.05, 0) is 62.1 Å². The molecule has 0 saturated heterocycles. The van der Waals surface area contributed by atoms with Crippen LogP contribution in [0.2, 0.25) is 0 Å². The van der Waals surface area contributed by atoms with Crippen LogP contribution in [0.3, 0.4) is 0 Å². The fraction of sp³-hybridized carbons (Fsp3) is 0.412. The van der Waals surface area contributed by atoms with Crippen LogP contribution in [0.1, 0.15) is 47.2 Å². The van der Waals surface area contributed by atoms with Gasteiger partial charge in [0.2, 0.25) is 0 Å². The molecule has 0 aliphatic carbocycles. The van der Waals surface area contributed by atoms with E-state index < -0.39 is 0 Å². The standard InChI is InChI=1S/C17H23NO/c1-5-7-18-17(15-6-8-19-11-15)16-10-13(3)12(2)9-14(16)4/h6,8-11,17-18H,5,7H2,1-4H3. The normalized spacial score (nSPS) is 12.6. The van der Waals surface area contributed by atoms with Crippen LogP contribution in [0.5, 0.6) is 0 Å². The first-order chi connectivity index (χ1) is 9.13. The lowest BCUT2D eigenvalue weighted by molar-refractivity contribution is 0.547. The Balaban J connectivity index is 2.40. The fourth-order valence-electron chi connectivity index (χ4n) is 2.43. The van der Waals surface area contributed by atoms with Crippen LogP contribution in [0, 0.1) is 20.8 Å². The van der Waals surface area contributed by atoms with Crippen molar-refractivity contribution in [2.24, 2.45) is 0 Å². The smallest absolute Gasteiger partial charge is 0.0953 e. The maximum Gasteiger partial charge on any atom is 0.0953 e. The Morgan fingerprint density at radius 2 is 1.84 bits per heavy atom. The van der Waals surface area contributed by atoms with E-state index in [1.807, 2.05) is 12.3 Å². The summed E-state index contributed by atoms with van der Waals surface area (Å²) in [5.41, 5.74) is 6.56. The zero-order valence-electron chi connectivity index (χ0n) is 12.3. The Kier molecular flexibility index (Phi) is 4.43. The summed E-state index contributed by atoms with van der Waals surface area (Å²) in [6.07, 6.45) is 4.70. The van der Waals surface area contributed by atoms with Crippen molar-refractivity contribution in [1.29, 1.82) is 0 Å². The molecule has 0 aliphatic rings. The third-order valence-corrected chi connectivity index (χ3v) is 3.67. The van der Waals surface area contributed by atoms with E-state index in [1.54, 1.807) is 6.26 Å². The second-order valence-corrected chi connectivity index (χ2v) is 5.24. The number of hydrogen-bond donors (Lipinski definition) is 1. The van der Waals surface area contributed by atoms with Crippen molar-refractivity contribution in [2.45, 2.75) is 40.2 Å². The van der Waals surface area contributed by atoms with E-state index in [4.69, 9.17) is 4.42 Å². The average molecular weight is 257 g/mol. The van der Waals surface area contributed by atoms with E-state index in [0.29, 0.717) is 0 Å². The third-order valence-electron chi connectivity index (χ3n) is 3.67. The van der Waals surface area contributed by atoms with Crippen LogP contribution in [0.15, 0.2) is 35.1 Å². The highest BCUT2D eigenvalue weighted by Gasteiger charge is 2.17. The number of rotatable bonds is 5. The number of furan rings is 1. The molecule has 1 unspecified atom stereocenters. The van der Waals surface area contributed by atoms with Gasteiger partial charge in [-0.15, -0.1) is 0 Å². The largest absolute Gasteiger partial charge is 0.472 e. The van der Waals surface area contributed by atoms with Crippen molar-refractivity contribution in [1.82, 2.24) is 5.32 Å². The van der Waals surface area contributed by atoms with E-state index in [2.05, 4.69) is 45.1 Å². The molecule has 2 aromatic rings. The first kappa shape index (κ1) is 13.9. The van der Waals surface area contributed by atoms with Crippen LogP contribution in [-0.2, 0) is 0 Å². The number of nitrogens with one attached hydrogen (secondary N) is 1. The van der Waals surface area contributed by atoms with Crippen LogP contribution < -0.4 is 5.32 Å². The summed E-state index contributed by atoms with van der Waals surface area (Å²) in [4.78, 5) is 0.